The third kappa shape index (κ3) is 4.71. The Morgan fingerprint density at radius 1 is 1.37 bits per heavy atom. The van der Waals surface area contributed by atoms with Gasteiger partial charge in [-0.05, 0) is 31.7 Å². The molecule has 1 aliphatic heterocycles. The Bertz CT molecular complexity index is 268. The van der Waals surface area contributed by atoms with E-state index in [9.17, 15) is 0 Å². The summed E-state index contributed by atoms with van der Waals surface area (Å²) >= 11 is 0. The van der Waals surface area contributed by atoms with Crippen LogP contribution in [0.4, 0.5) is 0 Å². The lowest BCUT2D eigenvalue weighted by molar-refractivity contribution is -0.0481. The SMILES string of the molecule is CC(C)CN1CCOC(CN(C)C(CN)C2CC2)C1. The molecular weight excluding hydrogens is 238 g/mol. The third-order valence-corrected chi connectivity index (χ3v) is 4.31. The molecule has 1 aliphatic carbocycles. The van der Waals surface area contributed by atoms with Crippen molar-refractivity contribution >= 4 is 0 Å². The lowest BCUT2D eigenvalue weighted by Gasteiger charge is -2.37. The van der Waals surface area contributed by atoms with Crippen LogP contribution in [0.1, 0.15) is 26.7 Å². The van der Waals surface area contributed by atoms with Gasteiger partial charge in [0.1, 0.15) is 0 Å². The van der Waals surface area contributed by atoms with E-state index in [1.807, 2.05) is 0 Å². The predicted molar refractivity (Wildman–Crippen MR) is 79.2 cm³/mol. The minimum atomic E-state index is 0.352. The molecule has 2 unspecified atom stereocenters. The van der Waals surface area contributed by atoms with Gasteiger partial charge in [0.2, 0.25) is 0 Å². The fraction of sp³-hybridized carbons (Fsp3) is 1.00. The Labute approximate surface area is 118 Å². The van der Waals surface area contributed by atoms with Gasteiger partial charge in [0.25, 0.3) is 0 Å². The van der Waals surface area contributed by atoms with Crippen molar-refractivity contribution in [1.29, 1.82) is 0 Å². The molecule has 0 aromatic rings. The van der Waals surface area contributed by atoms with Gasteiger partial charge in [0.05, 0.1) is 12.7 Å². The van der Waals surface area contributed by atoms with E-state index in [-0.39, 0.29) is 0 Å². The molecule has 2 fully saturated rings. The third-order valence-electron chi connectivity index (χ3n) is 4.31. The first-order valence-electron chi connectivity index (χ1n) is 7.84. The topological polar surface area (TPSA) is 41.7 Å². The molecule has 0 aromatic heterocycles. The molecule has 4 heteroatoms. The summed E-state index contributed by atoms with van der Waals surface area (Å²) in [5.74, 6) is 1.57. The lowest BCUT2D eigenvalue weighted by atomic mass is 10.1. The first-order valence-corrected chi connectivity index (χ1v) is 7.84. The highest BCUT2D eigenvalue weighted by molar-refractivity contribution is 4.89. The van der Waals surface area contributed by atoms with Crippen molar-refractivity contribution in [1.82, 2.24) is 9.80 Å². The fourth-order valence-electron chi connectivity index (χ4n) is 3.24. The molecule has 1 heterocycles. The average Bonchev–Trinajstić information content (AvgIpc) is 3.14. The number of rotatable bonds is 7. The highest BCUT2D eigenvalue weighted by Gasteiger charge is 2.34. The Kier molecular flexibility index (Phi) is 5.63. The largest absolute Gasteiger partial charge is 0.374 e. The second kappa shape index (κ2) is 7.02. The van der Waals surface area contributed by atoms with Crippen molar-refractivity contribution in [3.8, 4) is 0 Å². The molecule has 2 atom stereocenters. The molecule has 0 radical (unpaired) electrons. The number of hydrogen-bond acceptors (Lipinski definition) is 4. The molecular formula is C15H31N3O. The minimum absolute atomic E-state index is 0.352. The Hall–Kier alpha value is -0.160. The lowest BCUT2D eigenvalue weighted by Crippen LogP contribution is -2.50. The van der Waals surface area contributed by atoms with E-state index in [1.165, 1.54) is 19.4 Å². The zero-order valence-electron chi connectivity index (χ0n) is 12.8. The summed E-state index contributed by atoms with van der Waals surface area (Å²) in [5.41, 5.74) is 5.92. The first-order chi connectivity index (χ1) is 9.10. The summed E-state index contributed by atoms with van der Waals surface area (Å²) in [6, 6.07) is 0.559. The van der Waals surface area contributed by atoms with Crippen LogP contribution in [-0.4, -0.2) is 68.3 Å². The van der Waals surface area contributed by atoms with Crippen molar-refractivity contribution < 1.29 is 4.74 Å². The van der Waals surface area contributed by atoms with Crippen LogP contribution in [0.15, 0.2) is 0 Å². The van der Waals surface area contributed by atoms with Gasteiger partial charge in [-0.1, -0.05) is 13.8 Å². The average molecular weight is 269 g/mol. The quantitative estimate of drug-likeness (QED) is 0.749. The Morgan fingerprint density at radius 3 is 2.68 bits per heavy atom. The molecule has 1 saturated heterocycles. The number of morpholine rings is 1. The second-order valence-electron chi connectivity index (χ2n) is 6.73. The van der Waals surface area contributed by atoms with Gasteiger partial charge in [-0.25, -0.2) is 0 Å². The Balaban J connectivity index is 1.77. The summed E-state index contributed by atoms with van der Waals surface area (Å²) < 4.78 is 5.93. The van der Waals surface area contributed by atoms with Crippen molar-refractivity contribution in [2.75, 3.05) is 46.4 Å². The summed E-state index contributed by atoms with van der Waals surface area (Å²) in [5, 5.41) is 0. The smallest absolute Gasteiger partial charge is 0.0829 e. The van der Waals surface area contributed by atoms with Gasteiger partial charge in [-0.15, -0.1) is 0 Å². The van der Waals surface area contributed by atoms with Gasteiger partial charge in [-0.3, -0.25) is 9.80 Å². The predicted octanol–water partition coefficient (Wildman–Crippen LogP) is 1.01. The number of ether oxygens (including phenoxy) is 1. The zero-order valence-corrected chi connectivity index (χ0v) is 12.8. The van der Waals surface area contributed by atoms with E-state index in [1.54, 1.807) is 0 Å². The molecule has 112 valence electrons. The van der Waals surface area contributed by atoms with E-state index < -0.39 is 0 Å². The van der Waals surface area contributed by atoms with Crippen LogP contribution in [0.5, 0.6) is 0 Å². The number of nitrogens with two attached hydrogens (primary N) is 1. The van der Waals surface area contributed by atoms with Gasteiger partial charge in [-0.2, -0.15) is 0 Å². The molecule has 0 spiro atoms. The summed E-state index contributed by atoms with van der Waals surface area (Å²) in [7, 11) is 2.21. The molecule has 4 nitrogen and oxygen atoms in total. The summed E-state index contributed by atoms with van der Waals surface area (Å²) in [6.45, 7) is 10.6. The van der Waals surface area contributed by atoms with E-state index in [4.69, 9.17) is 10.5 Å². The molecule has 2 aliphatic rings. The van der Waals surface area contributed by atoms with Crippen molar-refractivity contribution in [3.05, 3.63) is 0 Å². The molecule has 2 N–H and O–H groups in total. The van der Waals surface area contributed by atoms with E-state index in [0.29, 0.717) is 12.1 Å². The van der Waals surface area contributed by atoms with Crippen molar-refractivity contribution in [3.63, 3.8) is 0 Å². The van der Waals surface area contributed by atoms with Crippen LogP contribution in [0.3, 0.4) is 0 Å². The maximum atomic E-state index is 5.93. The Morgan fingerprint density at radius 2 is 2.11 bits per heavy atom. The van der Waals surface area contributed by atoms with Gasteiger partial charge < -0.3 is 10.5 Å². The van der Waals surface area contributed by atoms with E-state index in [0.717, 1.165) is 44.6 Å². The van der Waals surface area contributed by atoms with Gasteiger partial charge >= 0.3 is 0 Å². The molecule has 19 heavy (non-hydrogen) atoms. The van der Waals surface area contributed by atoms with Crippen LogP contribution in [0, 0.1) is 11.8 Å². The highest BCUT2D eigenvalue weighted by atomic mass is 16.5. The highest BCUT2D eigenvalue weighted by Crippen LogP contribution is 2.34. The maximum absolute atomic E-state index is 5.93. The molecule has 0 bridgehead atoms. The van der Waals surface area contributed by atoms with Crippen LogP contribution >= 0.6 is 0 Å². The van der Waals surface area contributed by atoms with Crippen LogP contribution in [-0.2, 0) is 4.74 Å². The molecule has 2 rings (SSSR count). The van der Waals surface area contributed by atoms with E-state index >= 15 is 0 Å². The number of nitrogens with zero attached hydrogens (tertiary/aromatic N) is 2. The van der Waals surface area contributed by atoms with Crippen LogP contribution in [0.2, 0.25) is 0 Å². The van der Waals surface area contributed by atoms with Gasteiger partial charge in [0.15, 0.2) is 0 Å². The number of hydrogen-bond donors (Lipinski definition) is 1. The standard InChI is InChI=1S/C15H31N3O/c1-12(2)9-18-6-7-19-14(11-18)10-17(3)15(8-16)13-4-5-13/h12-15H,4-11,16H2,1-3H3. The fourth-order valence-corrected chi connectivity index (χ4v) is 3.24. The summed E-state index contributed by atoms with van der Waals surface area (Å²) in [6.07, 6.45) is 3.07. The van der Waals surface area contributed by atoms with Crippen LogP contribution in [0.25, 0.3) is 0 Å². The monoisotopic (exact) mass is 269 g/mol. The summed E-state index contributed by atoms with van der Waals surface area (Å²) in [4.78, 5) is 4.97. The van der Waals surface area contributed by atoms with Crippen molar-refractivity contribution in [2.24, 2.45) is 17.6 Å². The van der Waals surface area contributed by atoms with Crippen molar-refractivity contribution in [2.45, 2.75) is 38.8 Å². The maximum Gasteiger partial charge on any atom is 0.0829 e. The second-order valence-corrected chi connectivity index (χ2v) is 6.73. The van der Waals surface area contributed by atoms with E-state index in [2.05, 4.69) is 30.7 Å². The minimum Gasteiger partial charge on any atom is -0.374 e. The zero-order chi connectivity index (χ0) is 13.8. The first kappa shape index (κ1) is 15.2. The molecule has 1 saturated carbocycles. The number of likely N-dealkylation sites (N-methyl/N-ethyl adjacent to an activating group) is 1. The molecule has 0 amide bonds. The van der Waals surface area contributed by atoms with Gasteiger partial charge in [0, 0.05) is 38.8 Å². The normalized spacial score (nSPS) is 27.2. The molecule has 0 aromatic carbocycles. The van der Waals surface area contributed by atoms with Crippen LogP contribution < -0.4 is 5.73 Å².